The fourth-order valence-electron chi connectivity index (χ4n) is 1.48. The second kappa shape index (κ2) is 4.58. The van der Waals surface area contributed by atoms with Crippen molar-refractivity contribution in [1.82, 2.24) is 0 Å². The second-order valence-corrected chi connectivity index (χ2v) is 3.74. The predicted molar refractivity (Wildman–Crippen MR) is 60.9 cm³/mol. The summed E-state index contributed by atoms with van der Waals surface area (Å²) in [6, 6.07) is 8.33. The Morgan fingerprint density at radius 3 is 2.88 bits per heavy atom. The highest BCUT2D eigenvalue weighted by atomic mass is 16.6. The smallest absolute Gasteiger partial charge is 0.258 e. The van der Waals surface area contributed by atoms with E-state index in [-0.39, 0.29) is 5.69 Å². The van der Waals surface area contributed by atoms with Crippen LogP contribution in [0.2, 0.25) is 0 Å². The number of rotatable bonds is 4. The van der Waals surface area contributed by atoms with Crippen molar-refractivity contribution in [3.8, 4) is 6.07 Å². The van der Waals surface area contributed by atoms with Crippen molar-refractivity contribution in [1.29, 1.82) is 5.26 Å². The summed E-state index contributed by atoms with van der Waals surface area (Å²) in [5.41, 5.74) is -0.111. The molecule has 1 rings (SSSR count). The van der Waals surface area contributed by atoms with E-state index in [1.807, 2.05) is 0 Å². The molecule has 0 aliphatic rings. The third kappa shape index (κ3) is 2.26. The molecule has 1 aromatic rings. The van der Waals surface area contributed by atoms with Gasteiger partial charge in [-0.2, -0.15) is 5.26 Å². The molecule has 0 amide bonds. The molecule has 1 atom stereocenters. The molecule has 1 unspecified atom stereocenters. The Balaban J connectivity index is 3.22. The van der Waals surface area contributed by atoms with E-state index in [0.717, 1.165) is 0 Å². The number of nitrogens with zero attached hydrogens (tertiary/aromatic N) is 2. The standard InChI is InChI=1S/C12H12N2O2/c1-3-7-12(2,9-13)10-5-4-6-11(8-10)14(15)16/h3-6,8H,1,7H2,2H3. The lowest BCUT2D eigenvalue weighted by molar-refractivity contribution is -0.384. The minimum atomic E-state index is -0.756. The van der Waals surface area contributed by atoms with Gasteiger partial charge in [0, 0.05) is 12.1 Å². The summed E-state index contributed by atoms with van der Waals surface area (Å²) >= 11 is 0. The molecular formula is C12H12N2O2. The van der Waals surface area contributed by atoms with Crippen molar-refractivity contribution in [3.63, 3.8) is 0 Å². The van der Waals surface area contributed by atoms with Crippen LogP contribution in [-0.2, 0) is 5.41 Å². The molecule has 0 bridgehead atoms. The molecule has 16 heavy (non-hydrogen) atoms. The number of benzene rings is 1. The molecule has 1 aromatic carbocycles. The Labute approximate surface area is 94.0 Å². The SMILES string of the molecule is C=CCC(C)(C#N)c1cccc([N+](=O)[O-])c1. The Morgan fingerprint density at radius 2 is 2.38 bits per heavy atom. The summed E-state index contributed by atoms with van der Waals surface area (Å²) in [5.74, 6) is 0. The molecule has 0 aromatic heterocycles. The van der Waals surface area contributed by atoms with Gasteiger partial charge in [0.2, 0.25) is 0 Å². The quantitative estimate of drug-likeness (QED) is 0.441. The highest BCUT2D eigenvalue weighted by Crippen LogP contribution is 2.29. The predicted octanol–water partition coefficient (Wildman–Crippen LogP) is 2.95. The summed E-state index contributed by atoms with van der Waals surface area (Å²) < 4.78 is 0. The van der Waals surface area contributed by atoms with Gasteiger partial charge < -0.3 is 0 Å². The zero-order valence-corrected chi connectivity index (χ0v) is 9.01. The first-order valence-electron chi connectivity index (χ1n) is 4.80. The summed E-state index contributed by atoms with van der Waals surface area (Å²) in [7, 11) is 0. The highest BCUT2D eigenvalue weighted by molar-refractivity contribution is 5.41. The Morgan fingerprint density at radius 1 is 1.69 bits per heavy atom. The van der Waals surface area contributed by atoms with Gasteiger partial charge in [0.25, 0.3) is 5.69 Å². The molecule has 0 saturated carbocycles. The van der Waals surface area contributed by atoms with Crippen LogP contribution in [0, 0.1) is 21.4 Å². The number of non-ortho nitro benzene ring substituents is 1. The van der Waals surface area contributed by atoms with E-state index < -0.39 is 10.3 Å². The first-order chi connectivity index (χ1) is 7.53. The van der Waals surface area contributed by atoms with Crippen LogP contribution in [0.25, 0.3) is 0 Å². The van der Waals surface area contributed by atoms with E-state index in [0.29, 0.717) is 12.0 Å². The zero-order valence-electron chi connectivity index (χ0n) is 9.01. The topological polar surface area (TPSA) is 66.9 Å². The van der Waals surface area contributed by atoms with Gasteiger partial charge in [-0.1, -0.05) is 18.2 Å². The van der Waals surface area contributed by atoms with Gasteiger partial charge in [-0.05, 0) is 18.9 Å². The maximum atomic E-state index is 10.6. The van der Waals surface area contributed by atoms with E-state index >= 15 is 0 Å². The summed E-state index contributed by atoms with van der Waals surface area (Å²) in [4.78, 5) is 10.2. The number of nitriles is 1. The van der Waals surface area contributed by atoms with Crippen molar-refractivity contribution in [2.45, 2.75) is 18.8 Å². The third-order valence-corrected chi connectivity index (χ3v) is 2.49. The minimum absolute atomic E-state index is 0.00281. The van der Waals surface area contributed by atoms with Crippen LogP contribution < -0.4 is 0 Å². The number of hydrogen-bond donors (Lipinski definition) is 0. The van der Waals surface area contributed by atoms with Crippen molar-refractivity contribution in [2.24, 2.45) is 0 Å². The number of allylic oxidation sites excluding steroid dienone is 1. The summed E-state index contributed by atoms with van der Waals surface area (Å²) in [6.45, 7) is 5.34. The molecule has 4 nitrogen and oxygen atoms in total. The van der Waals surface area contributed by atoms with Crippen molar-refractivity contribution < 1.29 is 4.92 Å². The van der Waals surface area contributed by atoms with Crippen LogP contribution >= 0.6 is 0 Å². The minimum Gasteiger partial charge on any atom is -0.258 e. The average Bonchev–Trinajstić information content (AvgIpc) is 2.29. The molecule has 82 valence electrons. The molecular weight excluding hydrogens is 204 g/mol. The van der Waals surface area contributed by atoms with Crippen LogP contribution in [0.5, 0.6) is 0 Å². The van der Waals surface area contributed by atoms with Gasteiger partial charge in [-0.25, -0.2) is 0 Å². The Kier molecular flexibility index (Phi) is 3.41. The van der Waals surface area contributed by atoms with Crippen molar-refractivity contribution >= 4 is 5.69 Å². The van der Waals surface area contributed by atoms with Gasteiger partial charge in [0.05, 0.1) is 16.4 Å². The van der Waals surface area contributed by atoms with Crippen LogP contribution in [0.1, 0.15) is 18.9 Å². The molecule has 0 heterocycles. The first kappa shape index (κ1) is 11.9. The summed E-state index contributed by atoms with van der Waals surface area (Å²) in [5, 5.41) is 19.8. The van der Waals surface area contributed by atoms with Gasteiger partial charge in [-0.15, -0.1) is 6.58 Å². The van der Waals surface area contributed by atoms with E-state index in [2.05, 4.69) is 12.6 Å². The van der Waals surface area contributed by atoms with Crippen LogP contribution in [0.15, 0.2) is 36.9 Å². The number of nitro benzene ring substituents is 1. The average molecular weight is 216 g/mol. The molecule has 0 N–H and O–H groups in total. The molecule has 0 spiro atoms. The fraction of sp³-hybridized carbons (Fsp3) is 0.250. The van der Waals surface area contributed by atoms with Crippen LogP contribution in [0.4, 0.5) is 5.69 Å². The largest absolute Gasteiger partial charge is 0.269 e. The lowest BCUT2D eigenvalue weighted by Gasteiger charge is -2.19. The van der Waals surface area contributed by atoms with Gasteiger partial charge in [0.1, 0.15) is 0 Å². The van der Waals surface area contributed by atoms with Crippen LogP contribution in [-0.4, -0.2) is 4.92 Å². The molecule has 0 aliphatic heterocycles. The number of hydrogen-bond acceptors (Lipinski definition) is 3. The monoisotopic (exact) mass is 216 g/mol. The molecule has 0 aliphatic carbocycles. The first-order valence-corrected chi connectivity index (χ1v) is 4.80. The van der Waals surface area contributed by atoms with E-state index in [1.54, 1.807) is 25.1 Å². The van der Waals surface area contributed by atoms with Gasteiger partial charge >= 0.3 is 0 Å². The van der Waals surface area contributed by atoms with E-state index in [9.17, 15) is 10.1 Å². The maximum Gasteiger partial charge on any atom is 0.269 e. The molecule has 4 heteroatoms. The van der Waals surface area contributed by atoms with Gasteiger partial charge in [0.15, 0.2) is 0 Å². The molecule has 0 fully saturated rings. The lowest BCUT2D eigenvalue weighted by atomic mass is 9.81. The van der Waals surface area contributed by atoms with Crippen molar-refractivity contribution in [3.05, 3.63) is 52.6 Å². The van der Waals surface area contributed by atoms with Crippen molar-refractivity contribution in [2.75, 3.05) is 0 Å². The van der Waals surface area contributed by atoms with Gasteiger partial charge in [-0.3, -0.25) is 10.1 Å². The zero-order chi connectivity index (χ0) is 12.2. The van der Waals surface area contributed by atoms with E-state index in [1.165, 1.54) is 12.1 Å². The Bertz CT molecular complexity index is 462. The second-order valence-electron chi connectivity index (χ2n) is 3.74. The fourth-order valence-corrected chi connectivity index (χ4v) is 1.48. The van der Waals surface area contributed by atoms with Crippen LogP contribution in [0.3, 0.4) is 0 Å². The molecule has 0 radical (unpaired) electrons. The third-order valence-electron chi connectivity index (χ3n) is 2.49. The number of nitro groups is 1. The highest BCUT2D eigenvalue weighted by Gasteiger charge is 2.26. The normalized spacial score (nSPS) is 13.5. The van der Waals surface area contributed by atoms with E-state index in [4.69, 9.17) is 5.26 Å². The Hall–Kier alpha value is -2.15. The lowest BCUT2D eigenvalue weighted by Crippen LogP contribution is -2.18. The molecule has 0 saturated heterocycles. The summed E-state index contributed by atoms with van der Waals surface area (Å²) in [6.07, 6.45) is 2.10. The maximum absolute atomic E-state index is 10.6.